The number of fused-ring (bicyclic) bond motifs is 5. The number of thiazole rings is 1. The molecule has 4 heterocycles. The summed E-state index contributed by atoms with van der Waals surface area (Å²) in [6, 6.07) is 8.50. The van der Waals surface area contributed by atoms with Crippen molar-refractivity contribution < 1.29 is 40.3 Å². The second-order valence-corrected chi connectivity index (χ2v) is 14.5. The van der Waals surface area contributed by atoms with E-state index >= 15 is 8.78 Å². The lowest BCUT2D eigenvalue weighted by Gasteiger charge is -2.23. The summed E-state index contributed by atoms with van der Waals surface area (Å²) in [4.78, 5) is 35.5. The predicted octanol–water partition coefficient (Wildman–Crippen LogP) is 7.13. The summed E-state index contributed by atoms with van der Waals surface area (Å²) in [5, 5.41) is 8.87. The van der Waals surface area contributed by atoms with E-state index < -0.39 is 71.0 Å². The molecule has 0 saturated heterocycles. The highest BCUT2D eigenvalue weighted by Gasteiger charge is 2.68. The fourth-order valence-electron chi connectivity index (χ4n) is 6.97. The van der Waals surface area contributed by atoms with Crippen LogP contribution in [0.5, 0.6) is 0 Å². The van der Waals surface area contributed by atoms with Crippen LogP contribution in [-0.2, 0) is 36.4 Å². The number of alkyl halides is 5. The molecule has 0 radical (unpaired) electrons. The molecule has 1 fully saturated rings. The first-order valence-corrected chi connectivity index (χ1v) is 17.3. The fraction of sp³-hybridized carbons (Fsp3) is 0.303. The van der Waals surface area contributed by atoms with Crippen LogP contribution in [0.4, 0.5) is 30.7 Å². The number of rotatable bonds is 8. The molecule has 3 aliphatic rings. The Kier molecular flexibility index (Phi) is 7.53. The zero-order chi connectivity index (χ0) is 35.3. The average Bonchev–Trinajstić information content (AvgIpc) is 3.29. The standard InChI is InChI=1S/C33H23F7N6O2S2/c1-49-31-44-29-23(50-31)10-18(14-2-3-15-11-41-30(48)19(15)7-14)26(43-29)22(6-13-4-16(34)8-17(35)5-13)42-24(47)12-46-28-25(27(45-46)33(38,39)40)20-9-21(20)32(28,36)37/h2-5,7-8,10,20-22H,6,9,11-12H2,1H3,(H,41,48)(H,42,47)/t20-,21?,22-/m0/s1. The normalized spacial score (nSPS) is 19.2. The van der Waals surface area contributed by atoms with E-state index in [0.29, 0.717) is 48.7 Å². The summed E-state index contributed by atoms with van der Waals surface area (Å²) in [5.74, 6) is -8.98. The van der Waals surface area contributed by atoms with E-state index in [1.54, 1.807) is 24.3 Å². The minimum absolute atomic E-state index is 0.100. The number of benzene rings is 2. The molecule has 1 unspecified atom stereocenters. The molecule has 258 valence electrons. The molecule has 5 aromatic rings. The average molecular weight is 733 g/mol. The largest absolute Gasteiger partial charge is 0.435 e. The third-order valence-corrected chi connectivity index (χ3v) is 11.2. The summed E-state index contributed by atoms with van der Waals surface area (Å²) in [5.41, 5.74) is -0.275. The van der Waals surface area contributed by atoms with Gasteiger partial charge in [0.15, 0.2) is 15.7 Å². The second-order valence-electron chi connectivity index (χ2n) is 12.4. The molecule has 0 spiro atoms. The molecule has 2 aromatic carbocycles. The van der Waals surface area contributed by atoms with Crippen LogP contribution in [-0.4, -0.2) is 37.8 Å². The van der Waals surface area contributed by atoms with Gasteiger partial charge in [0.2, 0.25) is 5.91 Å². The second kappa shape index (κ2) is 11.5. The molecule has 8 nitrogen and oxygen atoms in total. The zero-order valence-corrected chi connectivity index (χ0v) is 27.3. The van der Waals surface area contributed by atoms with Crippen LogP contribution in [0.15, 0.2) is 46.8 Å². The minimum Gasteiger partial charge on any atom is -0.348 e. The van der Waals surface area contributed by atoms with Crippen molar-refractivity contribution in [1.29, 1.82) is 0 Å². The van der Waals surface area contributed by atoms with Crippen molar-refractivity contribution >= 4 is 45.3 Å². The first-order valence-electron chi connectivity index (χ1n) is 15.3. The van der Waals surface area contributed by atoms with Crippen molar-refractivity contribution in [3.8, 4) is 11.1 Å². The SMILES string of the molecule is CSc1nc2nc([C@H](Cc3cc(F)cc(F)c3)NC(=O)Cn3nc(C(F)(F)F)c4c3C(F)(F)C3C[C@H]43)c(-c3ccc4c(c3)C(=O)NC4)cc2s1. The van der Waals surface area contributed by atoms with Gasteiger partial charge < -0.3 is 10.6 Å². The molecule has 3 atom stereocenters. The lowest BCUT2D eigenvalue weighted by Crippen LogP contribution is -2.35. The van der Waals surface area contributed by atoms with Crippen molar-refractivity contribution in [3.63, 3.8) is 0 Å². The Morgan fingerprint density at radius 1 is 1.12 bits per heavy atom. The van der Waals surface area contributed by atoms with Crippen LogP contribution in [0.1, 0.15) is 62.5 Å². The van der Waals surface area contributed by atoms with Crippen LogP contribution in [0, 0.1) is 17.6 Å². The molecule has 17 heteroatoms. The predicted molar refractivity (Wildman–Crippen MR) is 169 cm³/mol. The number of hydrogen-bond acceptors (Lipinski definition) is 7. The molecule has 3 aromatic heterocycles. The van der Waals surface area contributed by atoms with Gasteiger partial charge in [0, 0.05) is 35.2 Å². The van der Waals surface area contributed by atoms with E-state index in [0.717, 1.165) is 17.7 Å². The third-order valence-electron chi connectivity index (χ3n) is 9.19. The number of hydrogen-bond donors (Lipinski definition) is 2. The number of carbonyl (C=O) groups is 2. The van der Waals surface area contributed by atoms with Crippen molar-refractivity contribution in [3.05, 3.63) is 93.4 Å². The van der Waals surface area contributed by atoms with Gasteiger partial charge in [-0.15, -0.1) is 11.3 Å². The Morgan fingerprint density at radius 2 is 1.88 bits per heavy atom. The molecule has 2 N–H and O–H groups in total. The third kappa shape index (κ3) is 5.50. The van der Waals surface area contributed by atoms with E-state index in [2.05, 4.69) is 20.7 Å². The van der Waals surface area contributed by atoms with Crippen molar-refractivity contribution in [2.24, 2.45) is 5.92 Å². The molecule has 1 aliphatic heterocycles. The van der Waals surface area contributed by atoms with Gasteiger partial charge in [-0.3, -0.25) is 14.3 Å². The number of carbonyl (C=O) groups excluding carboxylic acids is 2. The Morgan fingerprint density at radius 3 is 2.60 bits per heavy atom. The summed E-state index contributed by atoms with van der Waals surface area (Å²) in [7, 11) is 0. The Labute approximate surface area is 286 Å². The first kappa shape index (κ1) is 32.7. The number of amides is 2. The van der Waals surface area contributed by atoms with Crippen LogP contribution in [0.25, 0.3) is 21.5 Å². The summed E-state index contributed by atoms with van der Waals surface area (Å²) in [6.45, 7) is -0.659. The van der Waals surface area contributed by atoms with Gasteiger partial charge in [-0.1, -0.05) is 23.9 Å². The number of aromatic nitrogens is 4. The lowest BCUT2D eigenvalue weighted by molar-refractivity contribution is -0.142. The van der Waals surface area contributed by atoms with Crippen molar-refractivity contribution in [1.82, 2.24) is 30.4 Å². The Bertz CT molecular complexity index is 2230. The van der Waals surface area contributed by atoms with E-state index in [9.17, 15) is 31.5 Å². The number of pyridine rings is 1. The fourth-order valence-corrected chi connectivity index (χ4v) is 8.43. The van der Waals surface area contributed by atoms with Crippen LogP contribution >= 0.6 is 23.1 Å². The smallest absolute Gasteiger partial charge is 0.348 e. The highest BCUT2D eigenvalue weighted by Crippen LogP contribution is 2.68. The maximum Gasteiger partial charge on any atom is 0.435 e. The Hall–Kier alpha value is -4.51. The summed E-state index contributed by atoms with van der Waals surface area (Å²) in [6.07, 6.45) is -3.57. The Balaban J connectivity index is 1.23. The van der Waals surface area contributed by atoms with Gasteiger partial charge in [-0.25, -0.2) is 18.7 Å². The molecule has 2 amide bonds. The van der Waals surface area contributed by atoms with Crippen LogP contribution < -0.4 is 10.6 Å². The van der Waals surface area contributed by atoms with Crippen LogP contribution in [0.2, 0.25) is 0 Å². The van der Waals surface area contributed by atoms with Gasteiger partial charge in [0.05, 0.1) is 16.4 Å². The van der Waals surface area contributed by atoms with Gasteiger partial charge in [-0.05, 0) is 66.0 Å². The van der Waals surface area contributed by atoms with Gasteiger partial charge in [0.1, 0.15) is 23.9 Å². The molecule has 8 rings (SSSR count). The minimum atomic E-state index is -5.02. The maximum absolute atomic E-state index is 15.2. The number of nitrogens with zero attached hydrogens (tertiary/aromatic N) is 4. The van der Waals surface area contributed by atoms with E-state index in [-0.39, 0.29) is 30.0 Å². The van der Waals surface area contributed by atoms with Gasteiger partial charge >= 0.3 is 6.18 Å². The molecular formula is C33H23F7N6O2S2. The number of thioether (sulfide) groups is 1. The number of halogens is 7. The zero-order valence-electron chi connectivity index (χ0n) is 25.7. The maximum atomic E-state index is 15.2. The van der Waals surface area contributed by atoms with E-state index in [1.807, 2.05) is 6.26 Å². The highest BCUT2D eigenvalue weighted by molar-refractivity contribution is 8.00. The van der Waals surface area contributed by atoms with E-state index in [4.69, 9.17) is 4.98 Å². The van der Waals surface area contributed by atoms with E-state index in [1.165, 1.54) is 23.1 Å². The lowest BCUT2D eigenvalue weighted by atomic mass is 9.93. The summed E-state index contributed by atoms with van der Waals surface area (Å²) < 4.78 is 103. The molecule has 0 bridgehead atoms. The van der Waals surface area contributed by atoms with Crippen LogP contribution in [0.3, 0.4) is 0 Å². The monoisotopic (exact) mass is 732 g/mol. The quantitative estimate of drug-likeness (QED) is 0.130. The summed E-state index contributed by atoms with van der Waals surface area (Å²) >= 11 is 2.72. The van der Waals surface area contributed by atoms with Crippen molar-refractivity contribution in [2.45, 2.75) is 54.3 Å². The molecule has 2 aliphatic carbocycles. The topological polar surface area (TPSA) is 102 Å². The van der Waals surface area contributed by atoms with Gasteiger partial charge in [0.25, 0.3) is 11.8 Å². The number of nitrogens with one attached hydrogen (secondary N) is 2. The van der Waals surface area contributed by atoms with Crippen molar-refractivity contribution in [2.75, 3.05) is 6.26 Å². The van der Waals surface area contributed by atoms with Gasteiger partial charge in [-0.2, -0.15) is 27.1 Å². The molecule has 1 saturated carbocycles. The molecule has 50 heavy (non-hydrogen) atoms. The first-order chi connectivity index (χ1) is 23.7. The highest BCUT2D eigenvalue weighted by atomic mass is 32.2. The molecular weight excluding hydrogens is 710 g/mol.